The minimum atomic E-state index is -0.454. The summed E-state index contributed by atoms with van der Waals surface area (Å²) in [7, 11) is 0. The highest BCUT2D eigenvalue weighted by atomic mass is 16.6. The minimum absolute atomic E-state index is 0.185. The summed E-state index contributed by atoms with van der Waals surface area (Å²) in [6.45, 7) is 12.1. The van der Waals surface area contributed by atoms with Crippen LogP contribution in [-0.4, -0.2) is 57.1 Å². The summed E-state index contributed by atoms with van der Waals surface area (Å²) >= 11 is 0. The van der Waals surface area contributed by atoms with E-state index in [1.165, 1.54) is 0 Å². The van der Waals surface area contributed by atoms with Crippen molar-refractivity contribution in [1.29, 1.82) is 0 Å². The van der Waals surface area contributed by atoms with E-state index in [4.69, 9.17) is 4.74 Å². The number of hydrogen-bond acceptors (Lipinski definition) is 5. The Morgan fingerprint density at radius 1 is 1.36 bits per heavy atom. The van der Waals surface area contributed by atoms with Gasteiger partial charge >= 0.3 is 6.09 Å². The first-order valence-corrected chi connectivity index (χ1v) is 7.77. The Balaban J connectivity index is 1.97. The lowest BCUT2D eigenvalue weighted by atomic mass is 10.1. The lowest BCUT2D eigenvalue weighted by molar-refractivity contribution is -0.00106. The van der Waals surface area contributed by atoms with E-state index in [0.717, 1.165) is 12.2 Å². The molecule has 0 bridgehead atoms. The van der Waals surface area contributed by atoms with Gasteiger partial charge in [0.2, 0.25) is 0 Å². The van der Waals surface area contributed by atoms with E-state index in [-0.39, 0.29) is 18.2 Å². The Bertz CT molecular complexity index is 501. The molecule has 2 atom stereocenters. The molecule has 1 amide bonds. The van der Waals surface area contributed by atoms with Gasteiger partial charge in [0.05, 0.1) is 11.7 Å². The van der Waals surface area contributed by atoms with Crippen molar-refractivity contribution in [2.24, 2.45) is 0 Å². The molecule has 1 fully saturated rings. The zero-order valence-corrected chi connectivity index (χ0v) is 14.1. The van der Waals surface area contributed by atoms with E-state index in [0.29, 0.717) is 13.1 Å². The molecule has 0 N–H and O–H groups in total. The molecule has 2 rings (SSSR count). The summed E-state index contributed by atoms with van der Waals surface area (Å²) in [5, 5.41) is 0. The highest BCUT2D eigenvalue weighted by Gasteiger charge is 2.32. The number of piperazine rings is 1. The third kappa shape index (κ3) is 4.16. The summed E-state index contributed by atoms with van der Waals surface area (Å²) in [4.78, 5) is 24.8. The number of aromatic nitrogens is 2. The van der Waals surface area contributed by atoms with Crippen LogP contribution in [0.3, 0.4) is 0 Å². The molecule has 1 aliphatic rings. The van der Waals surface area contributed by atoms with Crippen molar-refractivity contribution in [3.05, 3.63) is 24.3 Å². The number of amides is 1. The van der Waals surface area contributed by atoms with Gasteiger partial charge in [0.25, 0.3) is 0 Å². The molecule has 1 aromatic heterocycles. The van der Waals surface area contributed by atoms with Crippen molar-refractivity contribution in [2.45, 2.75) is 52.3 Å². The predicted octanol–water partition coefficient (Wildman–Crippen LogP) is 2.48. The topological polar surface area (TPSA) is 58.6 Å². The molecule has 0 saturated carbocycles. The van der Waals surface area contributed by atoms with Crippen molar-refractivity contribution in [2.75, 3.05) is 19.6 Å². The van der Waals surface area contributed by atoms with Crippen LogP contribution in [-0.2, 0) is 4.74 Å². The molecule has 0 radical (unpaired) electrons. The average molecular weight is 306 g/mol. The Labute approximate surface area is 132 Å². The van der Waals surface area contributed by atoms with Crippen molar-refractivity contribution in [3.8, 4) is 0 Å². The fourth-order valence-corrected chi connectivity index (χ4v) is 2.74. The van der Waals surface area contributed by atoms with E-state index in [1.807, 2.05) is 20.8 Å². The van der Waals surface area contributed by atoms with Crippen molar-refractivity contribution in [3.63, 3.8) is 0 Å². The van der Waals surface area contributed by atoms with Gasteiger partial charge in [0.15, 0.2) is 0 Å². The van der Waals surface area contributed by atoms with Crippen LogP contribution >= 0.6 is 0 Å². The van der Waals surface area contributed by atoms with Crippen LogP contribution in [0.15, 0.2) is 18.6 Å². The maximum Gasteiger partial charge on any atom is 0.410 e. The molecule has 122 valence electrons. The van der Waals surface area contributed by atoms with Gasteiger partial charge in [0, 0.05) is 44.3 Å². The van der Waals surface area contributed by atoms with Crippen LogP contribution in [0.5, 0.6) is 0 Å². The molecule has 0 aliphatic carbocycles. The molecular weight excluding hydrogens is 280 g/mol. The van der Waals surface area contributed by atoms with E-state index < -0.39 is 5.60 Å². The summed E-state index contributed by atoms with van der Waals surface area (Å²) in [6.07, 6.45) is 4.97. The number of hydrogen-bond donors (Lipinski definition) is 0. The summed E-state index contributed by atoms with van der Waals surface area (Å²) in [5.74, 6) is 0. The Morgan fingerprint density at radius 3 is 2.64 bits per heavy atom. The van der Waals surface area contributed by atoms with Gasteiger partial charge in [-0.3, -0.25) is 14.9 Å². The van der Waals surface area contributed by atoms with Gasteiger partial charge in [-0.15, -0.1) is 0 Å². The van der Waals surface area contributed by atoms with Gasteiger partial charge < -0.3 is 9.64 Å². The molecule has 2 heterocycles. The van der Waals surface area contributed by atoms with Gasteiger partial charge in [-0.05, 0) is 34.6 Å². The molecule has 1 aliphatic heterocycles. The van der Waals surface area contributed by atoms with Gasteiger partial charge in [-0.25, -0.2) is 4.79 Å². The second-order valence-electron chi connectivity index (χ2n) is 6.82. The number of ether oxygens (including phenoxy) is 1. The minimum Gasteiger partial charge on any atom is -0.444 e. The second-order valence-corrected chi connectivity index (χ2v) is 6.82. The third-order valence-corrected chi connectivity index (χ3v) is 3.84. The summed E-state index contributed by atoms with van der Waals surface area (Å²) in [5.41, 5.74) is 0.504. The van der Waals surface area contributed by atoms with Crippen molar-refractivity contribution < 1.29 is 9.53 Å². The standard InChI is InChI=1S/C16H26N4O2/c1-12-11-19(15(21)22-16(3,4)5)8-9-20(12)13(2)14-10-17-6-7-18-14/h6-7,10,12-13H,8-9,11H2,1-5H3/t12-,13-/m1/s1. The van der Waals surface area contributed by atoms with E-state index in [2.05, 4.69) is 28.7 Å². The molecule has 1 aromatic rings. The first-order valence-electron chi connectivity index (χ1n) is 7.77. The number of carbonyl (C=O) groups is 1. The highest BCUT2D eigenvalue weighted by Crippen LogP contribution is 2.23. The lowest BCUT2D eigenvalue weighted by Crippen LogP contribution is -2.55. The van der Waals surface area contributed by atoms with E-state index in [9.17, 15) is 4.79 Å². The van der Waals surface area contributed by atoms with Crippen molar-refractivity contribution >= 4 is 6.09 Å². The average Bonchev–Trinajstić information content (AvgIpc) is 2.45. The maximum atomic E-state index is 12.2. The van der Waals surface area contributed by atoms with E-state index >= 15 is 0 Å². The quantitative estimate of drug-likeness (QED) is 0.840. The van der Waals surface area contributed by atoms with Gasteiger partial charge in [-0.2, -0.15) is 0 Å². The predicted molar refractivity (Wildman–Crippen MR) is 84.4 cm³/mol. The van der Waals surface area contributed by atoms with Crippen LogP contribution in [0.25, 0.3) is 0 Å². The molecule has 0 aromatic carbocycles. The van der Waals surface area contributed by atoms with Gasteiger partial charge in [-0.1, -0.05) is 0 Å². The largest absolute Gasteiger partial charge is 0.444 e. The fraction of sp³-hybridized carbons (Fsp3) is 0.688. The number of rotatable bonds is 2. The van der Waals surface area contributed by atoms with Crippen LogP contribution in [0.4, 0.5) is 4.79 Å². The molecular formula is C16H26N4O2. The number of nitrogens with zero attached hydrogens (tertiary/aromatic N) is 4. The Hall–Kier alpha value is -1.69. The molecule has 0 unspecified atom stereocenters. The zero-order valence-electron chi connectivity index (χ0n) is 14.1. The first-order chi connectivity index (χ1) is 10.3. The molecule has 1 saturated heterocycles. The van der Waals surface area contributed by atoms with Gasteiger partial charge in [0.1, 0.15) is 5.60 Å². The lowest BCUT2D eigenvalue weighted by Gasteiger charge is -2.42. The van der Waals surface area contributed by atoms with Crippen LogP contribution in [0.2, 0.25) is 0 Å². The van der Waals surface area contributed by atoms with Crippen LogP contribution in [0.1, 0.15) is 46.4 Å². The summed E-state index contributed by atoms with van der Waals surface area (Å²) < 4.78 is 5.45. The van der Waals surface area contributed by atoms with Crippen LogP contribution in [0, 0.1) is 0 Å². The molecule has 22 heavy (non-hydrogen) atoms. The normalized spacial score (nSPS) is 21.5. The fourth-order valence-electron chi connectivity index (χ4n) is 2.74. The van der Waals surface area contributed by atoms with E-state index in [1.54, 1.807) is 23.5 Å². The SMILES string of the molecule is C[C@@H]1CN(C(=O)OC(C)(C)C)CCN1[C@H](C)c1cnccn1. The van der Waals surface area contributed by atoms with Crippen molar-refractivity contribution in [1.82, 2.24) is 19.8 Å². The third-order valence-electron chi connectivity index (χ3n) is 3.84. The molecule has 6 heteroatoms. The smallest absolute Gasteiger partial charge is 0.410 e. The Morgan fingerprint density at radius 2 is 2.09 bits per heavy atom. The zero-order chi connectivity index (χ0) is 16.3. The molecule has 0 spiro atoms. The number of carbonyl (C=O) groups excluding carboxylic acids is 1. The first kappa shape index (κ1) is 16.7. The van der Waals surface area contributed by atoms with Crippen LogP contribution < -0.4 is 0 Å². The highest BCUT2D eigenvalue weighted by molar-refractivity contribution is 5.68. The monoisotopic (exact) mass is 306 g/mol. The summed E-state index contributed by atoms with van der Waals surface area (Å²) in [6, 6.07) is 0.433. The Kier molecular flexibility index (Phi) is 5.01. The molecule has 6 nitrogen and oxygen atoms in total. The second kappa shape index (κ2) is 6.60. The maximum absolute atomic E-state index is 12.2.